The standard InChI is InChI=1S/C15H21FN2O/c16-13-2-5-15(6-3-13)19-11-12-1-4-14-9-17-7-8-18(14)10-12/h2-3,5-6,12,14,17H,1,4,7-11H2/t12-,14+/m0/s1. The number of fused-ring (bicyclic) bond motifs is 1. The van der Waals surface area contributed by atoms with Crippen molar-refractivity contribution in [3.63, 3.8) is 0 Å². The summed E-state index contributed by atoms with van der Waals surface area (Å²) in [5, 5.41) is 3.45. The van der Waals surface area contributed by atoms with Crippen molar-refractivity contribution >= 4 is 0 Å². The monoisotopic (exact) mass is 264 g/mol. The van der Waals surface area contributed by atoms with Gasteiger partial charge in [0.15, 0.2) is 0 Å². The highest BCUT2D eigenvalue weighted by molar-refractivity contribution is 5.22. The molecule has 2 heterocycles. The van der Waals surface area contributed by atoms with Crippen LogP contribution in [0.4, 0.5) is 4.39 Å². The molecule has 0 radical (unpaired) electrons. The van der Waals surface area contributed by atoms with Gasteiger partial charge < -0.3 is 10.1 Å². The lowest BCUT2D eigenvalue weighted by molar-refractivity contribution is 0.0650. The summed E-state index contributed by atoms with van der Waals surface area (Å²) in [4.78, 5) is 2.58. The highest BCUT2D eigenvalue weighted by Crippen LogP contribution is 2.24. The molecule has 1 aromatic carbocycles. The van der Waals surface area contributed by atoms with Crippen LogP contribution in [0.25, 0.3) is 0 Å². The fraction of sp³-hybridized carbons (Fsp3) is 0.600. The molecule has 0 bridgehead atoms. The van der Waals surface area contributed by atoms with Crippen molar-refractivity contribution in [3.05, 3.63) is 30.1 Å². The van der Waals surface area contributed by atoms with Gasteiger partial charge in [-0.05, 0) is 37.1 Å². The second-order valence-electron chi connectivity index (χ2n) is 5.56. The van der Waals surface area contributed by atoms with Gasteiger partial charge in [-0.1, -0.05) is 0 Å². The van der Waals surface area contributed by atoms with Crippen LogP contribution in [0.5, 0.6) is 5.75 Å². The van der Waals surface area contributed by atoms with Gasteiger partial charge >= 0.3 is 0 Å². The Kier molecular flexibility index (Phi) is 3.99. The van der Waals surface area contributed by atoms with Crippen molar-refractivity contribution < 1.29 is 9.13 Å². The number of halogens is 1. The fourth-order valence-corrected chi connectivity index (χ4v) is 3.06. The number of hydrogen-bond donors (Lipinski definition) is 1. The van der Waals surface area contributed by atoms with Crippen LogP contribution in [-0.2, 0) is 0 Å². The lowest BCUT2D eigenvalue weighted by Gasteiger charge is -2.42. The maximum absolute atomic E-state index is 12.8. The number of benzene rings is 1. The van der Waals surface area contributed by atoms with Crippen molar-refractivity contribution in [2.45, 2.75) is 18.9 Å². The molecule has 0 unspecified atom stereocenters. The fourth-order valence-electron chi connectivity index (χ4n) is 3.06. The van der Waals surface area contributed by atoms with E-state index in [9.17, 15) is 4.39 Å². The summed E-state index contributed by atoms with van der Waals surface area (Å²) in [5.41, 5.74) is 0. The summed E-state index contributed by atoms with van der Waals surface area (Å²) in [6.07, 6.45) is 2.48. The molecule has 4 heteroatoms. The molecule has 2 fully saturated rings. The number of nitrogens with one attached hydrogen (secondary N) is 1. The van der Waals surface area contributed by atoms with Gasteiger partial charge in [0.05, 0.1) is 6.61 Å². The van der Waals surface area contributed by atoms with Crippen LogP contribution in [0, 0.1) is 11.7 Å². The first-order chi connectivity index (χ1) is 9.31. The van der Waals surface area contributed by atoms with Crippen LogP contribution in [0.2, 0.25) is 0 Å². The molecule has 1 N–H and O–H groups in total. The molecule has 2 atom stereocenters. The van der Waals surface area contributed by atoms with Crippen molar-refractivity contribution in [3.8, 4) is 5.75 Å². The molecule has 104 valence electrons. The summed E-state index contributed by atoms with van der Waals surface area (Å²) in [6.45, 7) is 5.25. The number of piperazine rings is 1. The van der Waals surface area contributed by atoms with Crippen molar-refractivity contribution in [2.24, 2.45) is 5.92 Å². The van der Waals surface area contributed by atoms with E-state index in [4.69, 9.17) is 4.74 Å². The van der Waals surface area contributed by atoms with E-state index in [1.54, 1.807) is 12.1 Å². The smallest absolute Gasteiger partial charge is 0.123 e. The molecule has 0 amide bonds. The minimum atomic E-state index is -0.214. The molecular formula is C15H21FN2O. The SMILES string of the molecule is Fc1ccc(OC[C@H]2CC[C@@H]3CNCCN3C2)cc1. The van der Waals surface area contributed by atoms with E-state index >= 15 is 0 Å². The van der Waals surface area contributed by atoms with Crippen LogP contribution in [0.1, 0.15) is 12.8 Å². The Morgan fingerprint density at radius 1 is 1.26 bits per heavy atom. The van der Waals surface area contributed by atoms with Crippen molar-refractivity contribution in [1.82, 2.24) is 10.2 Å². The molecule has 3 nitrogen and oxygen atoms in total. The average molecular weight is 264 g/mol. The van der Waals surface area contributed by atoms with Crippen LogP contribution in [-0.4, -0.2) is 43.7 Å². The largest absolute Gasteiger partial charge is 0.493 e. The molecule has 2 saturated heterocycles. The number of piperidine rings is 1. The molecule has 3 rings (SSSR count). The van der Waals surface area contributed by atoms with Crippen molar-refractivity contribution in [2.75, 3.05) is 32.8 Å². The Hall–Kier alpha value is -1.13. The molecule has 2 aliphatic heterocycles. The number of rotatable bonds is 3. The van der Waals surface area contributed by atoms with Gasteiger partial charge in [0, 0.05) is 38.1 Å². The number of hydrogen-bond acceptors (Lipinski definition) is 3. The second-order valence-corrected chi connectivity index (χ2v) is 5.56. The molecule has 0 aliphatic carbocycles. The van der Waals surface area contributed by atoms with E-state index < -0.39 is 0 Å². The first-order valence-corrected chi connectivity index (χ1v) is 7.14. The minimum Gasteiger partial charge on any atom is -0.493 e. The Labute approximate surface area is 113 Å². The molecule has 0 aromatic heterocycles. The summed E-state index contributed by atoms with van der Waals surface area (Å²) in [6, 6.07) is 7.01. The van der Waals surface area contributed by atoms with E-state index in [-0.39, 0.29) is 5.82 Å². The van der Waals surface area contributed by atoms with E-state index in [0.717, 1.165) is 44.6 Å². The molecule has 1 aromatic rings. The topological polar surface area (TPSA) is 24.5 Å². The van der Waals surface area contributed by atoms with Crippen LogP contribution in [0.3, 0.4) is 0 Å². The third-order valence-corrected chi connectivity index (χ3v) is 4.17. The maximum Gasteiger partial charge on any atom is 0.123 e. The quantitative estimate of drug-likeness (QED) is 0.902. The average Bonchev–Trinajstić information content (AvgIpc) is 2.46. The Morgan fingerprint density at radius 3 is 2.95 bits per heavy atom. The molecule has 0 spiro atoms. The summed E-state index contributed by atoms with van der Waals surface area (Å²) < 4.78 is 18.6. The lowest BCUT2D eigenvalue weighted by atomic mass is 9.92. The normalized spacial score (nSPS) is 27.8. The van der Waals surface area contributed by atoms with Gasteiger partial charge in [-0.25, -0.2) is 4.39 Å². The third kappa shape index (κ3) is 3.25. The molecule has 19 heavy (non-hydrogen) atoms. The van der Waals surface area contributed by atoms with Crippen molar-refractivity contribution in [1.29, 1.82) is 0 Å². The van der Waals surface area contributed by atoms with E-state index in [2.05, 4.69) is 10.2 Å². The summed E-state index contributed by atoms with van der Waals surface area (Å²) in [5.74, 6) is 1.15. The Bertz CT molecular complexity index is 409. The first-order valence-electron chi connectivity index (χ1n) is 7.14. The first kappa shape index (κ1) is 12.9. The van der Waals surface area contributed by atoms with Crippen LogP contribution >= 0.6 is 0 Å². The zero-order valence-corrected chi connectivity index (χ0v) is 11.1. The number of nitrogens with zero attached hydrogens (tertiary/aromatic N) is 1. The zero-order valence-electron chi connectivity index (χ0n) is 11.1. The second kappa shape index (κ2) is 5.88. The predicted molar refractivity (Wildman–Crippen MR) is 72.8 cm³/mol. The summed E-state index contributed by atoms with van der Waals surface area (Å²) >= 11 is 0. The van der Waals surface area contributed by atoms with Gasteiger partial charge in [0.1, 0.15) is 11.6 Å². The Morgan fingerprint density at radius 2 is 2.11 bits per heavy atom. The molecule has 2 aliphatic rings. The third-order valence-electron chi connectivity index (χ3n) is 4.17. The number of ether oxygens (including phenoxy) is 1. The maximum atomic E-state index is 12.8. The van der Waals surface area contributed by atoms with Gasteiger partial charge in [-0.3, -0.25) is 4.90 Å². The van der Waals surface area contributed by atoms with E-state index in [1.807, 2.05) is 0 Å². The summed E-state index contributed by atoms with van der Waals surface area (Å²) in [7, 11) is 0. The lowest BCUT2D eigenvalue weighted by Crippen LogP contribution is -2.55. The zero-order chi connectivity index (χ0) is 13.1. The Balaban J connectivity index is 1.49. The highest BCUT2D eigenvalue weighted by Gasteiger charge is 2.29. The minimum absolute atomic E-state index is 0.214. The van der Waals surface area contributed by atoms with E-state index in [1.165, 1.54) is 25.0 Å². The van der Waals surface area contributed by atoms with Gasteiger partial charge in [-0.2, -0.15) is 0 Å². The molecular weight excluding hydrogens is 243 g/mol. The van der Waals surface area contributed by atoms with Gasteiger partial charge in [0.2, 0.25) is 0 Å². The molecule has 0 saturated carbocycles. The van der Waals surface area contributed by atoms with Gasteiger partial charge in [0.25, 0.3) is 0 Å². The predicted octanol–water partition coefficient (Wildman–Crippen LogP) is 1.89. The van der Waals surface area contributed by atoms with Crippen LogP contribution in [0.15, 0.2) is 24.3 Å². The van der Waals surface area contributed by atoms with Crippen LogP contribution < -0.4 is 10.1 Å². The highest BCUT2D eigenvalue weighted by atomic mass is 19.1. The van der Waals surface area contributed by atoms with Gasteiger partial charge in [-0.15, -0.1) is 0 Å². The van der Waals surface area contributed by atoms with E-state index in [0.29, 0.717) is 5.92 Å².